The van der Waals surface area contributed by atoms with E-state index in [1.165, 1.54) is 16.3 Å². The van der Waals surface area contributed by atoms with E-state index in [0.717, 1.165) is 5.56 Å². The third-order valence-electron chi connectivity index (χ3n) is 4.80. The number of amides is 1. The maximum absolute atomic E-state index is 12.8. The summed E-state index contributed by atoms with van der Waals surface area (Å²) in [6.45, 7) is 6.00. The number of allylic oxidation sites excluding steroid dienone is 1. The number of para-hydroxylation sites is 1. The van der Waals surface area contributed by atoms with Gasteiger partial charge in [0.25, 0.3) is 5.56 Å². The lowest BCUT2D eigenvalue weighted by molar-refractivity contribution is -0.119. The minimum absolute atomic E-state index is 0.0898. The number of aromatic nitrogens is 4. The predicted molar refractivity (Wildman–Crippen MR) is 119 cm³/mol. The Labute approximate surface area is 177 Å². The molecule has 0 unspecified atom stereocenters. The molecule has 4 rings (SSSR count). The highest BCUT2D eigenvalue weighted by molar-refractivity contribution is 7.99. The quantitative estimate of drug-likeness (QED) is 0.368. The normalized spacial score (nSPS) is 12.2. The van der Waals surface area contributed by atoms with Gasteiger partial charge in [0.15, 0.2) is 5.16 Å². The van der Waals surface area contributed by atoms with Crippen molar-refractivity contribution in [2.75, 3.05) is 5.75 Å². The maximum atomic E-state index is 12.8. The summed E-state index contributed by atoms with van der Waals surface area (Å²) in [5.41, 5.74) is 1.61. The fraction of sp³-hybridized carbons (Fsp3) is 0.182. The number of rotatable bonds is 7. The summed E-state index contributed by atoms with van der Waals surface area (Å²) >= 11 is 1.29. The van der Waals surface area contributed by atoms with E-state index in [2.05, 4.69) is 22.1 Å². The molecule has 2 aromatic carbocycles. The molecule has 0 aliphatic rings. The van der Waals surface area contributed by atoms with Gasteiger partial charge in [-0.1, -0.05) is 60.3 Å². The second kappa shape index (κ2) is 8.54. The van der Waals surface area contributed by atoms with Crippen LogP contribution in [-0.2, 0) is 11.3 Å². The van der Waals surface area contributed by atoms with Crippen LogP contribution in [0.4, 0.5) is 0 Å². The molecule has 0 fully saturated rings. The molecule has 8 heteroatoms. The lowest BCUT2D eigenvalue weighted by Gasteiger charge is -2.14. The van der Waals surface area contributed by atoms with Crippen LogP contribution >= 0.6 is 11.8 Å². The molecule has 1 amide bonds. The summed E-state index contributed by atoms with van der Waals surface area (Å²) in [7, 11) is 0. The van der Waals surface area contributed by atoms with Gasteiger partial charge in [-0.25, -0.2) is 0 Å². The van der Waals surface area contributed by atoms with Gasteiger partial charge in [0.2, 0.25) is 11.7 Å². The number of carbonyl (C=O) groups is 1. The number of nitrogens with one attached hydrogen (secondary N) is 1. The van der Waals surface area contributed by atoms with Crippen LogP contribution in [0.15, 0.2) is 77.2 Å². The van der Waals surface area contributed by atoms with Crippen LogP contribution in [0.2, 0.25) is 0 Å². The Morgan fingerprint density at radius 3 is 2.67 bits per heavy atom. The molecule has 7 nitrogen and oxygen atoms in total. The molecule has 0 saturated carbocycles. The zero-order chi connectivity index (χ0) is 21.1. The molecule has 2 aromatic heterocycles. The Morgan fingerprint density at radius 1 is 1.17 bits per heavy atom. The molecule has 4 aromatic rings. The van der Waals surface area contributed by atoms with E-state index in [1.54, 1.807) is 12.1 Å². The Bertz CT molecular complexity index is 1280. The van der Waals surface area contributed by atoms with Gasteiger partial charge >= 0.3 is 0 Å². The molecule has 0 aliphatic carbocycles. The second-order valence-corrected chi connectivity index (χ2v) is 7.77. The molecule has 2 heterocycles. The van der Waals surface area contributed by atoms with Crippen LogP contribution < -0.4 is 10.9 Å². The average Bonchev–Trinajstić information content (AvgIpc) is 3.20. The first-order chi connectivity index (χ1) is 14.6. The summed E-state index contributed by atoms with van der Waals surface area (Å²) in [6.07, 6.45) is 1.65. The van der Waals surface area contributed by atoms with Gasteiger partial charge in [0.1, 0.15) is 0 Å². The summed E-state index contributed by atoms with van der Waals surface area (Å²) in [5, 5.41) is 12.6. The van der Waals surface area contributed by atoms with Gasteiger partial charge < -0.3 is 5.32 Å². The zero-order valence-corrected chi connectivity index (χ0v) is 17.3. The highest BCUT2D eigenvalue weighted by Crippen LogP contribution is 2.22. The van der Waals surface area contributed by atoms with Crippen molar-refractivity contribution < 1.29 is 4.79 Å². The van der Waals surface area contributed by atoms with Crippen LogP contribution in [0, 0.1) is 0 Å². The fourth-order valence-corrected chi connectivity index (χ4v) is 4.11. The van der Waals surface area contributed by atoms with Gasteiger partial charge in [0, 0.05) is 6.54 Å². The van der Waals surface area contributed by atoms with E-state index in [9.17, 15) is 9.59 Å². The Kier molecular flexibility index (Phi) is 5.67. The summed E-state index contributed by atoms with van der Waals surface area (Å²) in [4.78, 5) is 25.3. The van der Waals surface area contributed by atoms with Crippen molar-refractivity contribution >= 4 is 34.3 Å². The first-order valence-corrected chi connectivity index (χ1v) is 10.5. The van der Waals surface area contributed by atoms with Crippen LogP contribution in [0.25, 0.3) is 16.7 Å². The number of nitrogens with zero attached hydrogens (tertiary/aromatic N) is 4. The standard InChI is InChI=1S/C22H21N5O2S/c1-3-13-26-20(29)17-11-7-8-12-18(17)27-21(26)24-25-22(27)30-14-19(28)23-15(2)16-9-5-4-6-10-16/h3-12,15H,1,13-14H2,2H3,(H,23,28)/t15-/m0/s1. The smallest absolute Gasteiger partial charge is 0.263 e. The lowest BCUT2D eigenvalue weighted by atomic mass is 10.1. The largest absolute Gasteiger partial charge is 0.349 e. The molecular formula is C22H21N5O2S. The van der Waals surface area contributed by atoms with E-state index < -0.39 is 0 Å². The van der Waals surface area contributed by atoms with E-state index in [-0.39, 0.29) is 23.3 Å². The zero-order valence-electron chi connectivity index (χ0n) is 16.5. The molecule has 30 heavy (non-hydrogen) atoms. The number of hydrogen-bond acceptors (Lipinski definition) is 5. The first-order valence-electron chi connectivity index (χ1n) is 9.55. The van der Waals surface area contributed by atoms with Gasteiger partial charge in [-0.05, 0) is 24.6 Å². The van der Waals surface area contributed by atoms with Crippen LogP contribution in [-0.4, -0.2) is 30.8 Å². The fourth-order valence-electron chi connectivity index (χ4n) is 3.36. The number of carbonyl (C=O) groups excluding carboxylic acids is 1. The minimum atomic E-state index is -0.142. The van der Waals surface area contributed by atoms with E-state index in [0.29, 0.717) is 28.4 Å². The van der Waals surface area contributed by atoms with Crippen molar-refractivity contribution in [3.05, 3.63) is 83.2 Å². The second-order valence-electron chi connectivity index (χ2n) is 6.83. The molecule has 1 N–H and O–H groups in total. The maximum Gasteiger partial charge on any atom is 0.263 e. The molecule has 0 aliphatic heterocycles. The van der Waals surface area contributed by atoms with E-state index in [4.69, 9.17) is 0 Å². The third kappa shape index (κ3) is 3.73. The lowest BCUT2D eigenvalue weighted by Crippen LogP contribution is -2.28. The molecule has 152 valence electrons. The van der Waals surface area contributed by atoms with Crippen molar-refractivity contribution in [3.63, 3.8) is 0 Å². The summed E-state index contributed by atoms with van der Waals surface area (Å²) in [5.74, 6) is 0.517. The number of benzene rings is 2. The Hall–Kier alpha value is -3.39. The molecule has 0 saturated heterocycles. The molecule has 0 radical (unpaired) electrons. The minimum Gasteiger partial charge on any atom is -0.349 e. The average molecular weight is 420 g/mol. The monoisotopic (exact) mass is 419 g/mol. The topological polar surface area (TPSA) is 81.3 Å². The van der Waals surface area contributed by atoms with Gasteiger partial charge in [-0.15, -0.1) is 16.8 Å². The van der Waals surface area contributed by atoms with Gasteiger partial charge in [-0.3, -0.25) is 18.6 Å². The number of hydrogen-bond donors (Lipinski definition) is 1. The van der Waals surface area contributed by atoms with E-state index >= 15 is 0 Å². The van der Waals surface area contributed by atoms with Crippen molar-refractivity contribution in [2.24, 2.45) is 0 Å². The van der Waals surface area contributed by atoms with E-state index in [1.807, 2.05) is 59.9 Å². The van der Waals surface area contributed by atoms with Crippen molar-refractivity contribution in [1.29, 1.82) is 0 Å². The Balaban J connectivity index is 1.61. The molecular weight excluding hydrogens is 398 g/mol. The third-order valence-corrected chi connectivity index (χ3v) is 5.73. The summed E-state index contributed by atoms with van der Waals surface area (Å²) < 4.78 is 3.35. The highest BCUT2D eigenvalue weighted by atomic mass is 32.2. The molecule has 0 spiro atoms. The SMILES string of the molecule is C=CCn1c(=O)c2ccccc2n2c(SCC(=O)N[C@@H](C)c3ccccc3)nnc12. The number of thioether (sulfide) groups is 1. The highest BCUT2D eigenvalue weighted by Gasteiger charge is 2.17. The first kappa shape index (κ1) is 19.9. The molecule has 1 atom stereocenters. The van der Waals surface area contributed by atoms with Crippen molar-refractivity contribution in [3.8, 4) is 0 Å². The molecule has 0 bridgehead atoms. The van der Waals surface area contributed by atoms with Gasteiger partial charge in [-0.2, -0.15) is 0 Å². The Morgan fingerprint density at radius 2 is 1.90 bits per heavy atom. The van der Waals surface area contributed by atoms with Crippen LogP contribution in [0.5, 0.6) is 0 Å². The van der Waals surface area contributed by atoms with Crippen molar-refractivity contribution in [2.45, 2.75) is 24.7 Å². The van der Waals surface area contributed by atoms with Gasteiger partial charge in [0.05, 0.1) is 22.7 Å². The number of fused-ring (bicyclic) bond motifs is 3. The predicted octanol–water partition coefficient (Wildman–Crippen LogP) is 3.20. The van der Waals surface area contributed by atoms with Crippen LogP contribution in [0.3, 0.4) is 0 Å². The van der Waals surface area contributed by atoms with Crippen LogP contribution in [0.1, 0.15) is 18.5 Å². The van der Waals surface area contributed by atoms with Crippen molar-refractivity contribution in [1.82, 2.24) is 24.5 Å². The summed E-state index contributed by atoms with van der Waals surface area (Å²) in [6, 6.07) is 17.0.